The third-order valence-electron chi connectivity index (χ3n) is 5.44. The molecule has 0 fully saturated rings. The second kappa shape index (κ2) is 9.18. The largest absolute Gasteiger partial charge is 0.507 e. The lowest BCUT2D eigenvalue weighted by atomic mass is 10.1. The topological polar surface area (TPSA) is 130 Å². The summed E-state index contributed by atoms with van der Waals surface area (Å²) in [5.41, 5.74) is 1.50. The Morgan fingerprint density at radius 1 is 0.743 bits per heavy atom. The van der Waals surface area contributed by atoms with E-state index >= 15 is 0 Å². The number of fused-ring (bicyclic) bond motifs is 2. The van der Waals surface area contributed by atoms with Crippen LogP contribution < -0.4 is 10.6 Å². The number of carbonyl (C=O) groups is 5. The standard InChI is InChI=1S/C27H20N2O6/c1-14(30)28-20-12-6-10-16-22(20)26(34)18(24(16)32)8-4-3-5-9-19-25(33)17-11-7-13-21(29-15(2)31)23(17)27(19)35/h3-13,32H,1-2H3,(H,28,30)(H,29,31). The summed E-state index contributed by atoms with van der Waals surface area (Å²) in [5.74, 6) is -2.28. The lowest BCUT2D eigenvalue weighted by Gasteiger charge is -2.07. The van der Waals surface area contributed by atoms with Crippen molar-refractivity contribution in [1.82, 2.24) is 0 Å². The third kappa shape index (κ3) is 4.24. The minimum absolute atomic E-state index is 0.0474. The van der Waals surface area contributed by atoms with E-state index in [1.54, 1.807) is 30.3 Å². The molecule has 174 valence electrons. The van der Waals surface area contributed by atoms with Gasteiger partial charge in [0.2, 0.25) is 11.8 Å². The second-order valence-electron chi connectivity index (χ2n) is 7.89. The maximum atomic E-state index is 12.8. The molecule has 2 aromatic rings. The van der Waals surface area contributed by atoms with E-state index in [9.17, 15) is 29.1 Å². The molecule has 0 radical (unpaired) electrons. The summed E-state index contributed by atoms with van der Waals surface area (Å²) < 4.78 is 0. The number of benzene rings is 2. The number of aliphatic hydroxyl groups excluding tert-OH is 1. The Balaban J connectivity index is 1.54. The summed E-state index contributed by atoms with van der Waals surface area (Å²) in [6, 6.07) is 9.46. The summed E-state index contributed by atoms with van der Waals surface area (Å²) >= 11 is 0. The maximum absolute atomic E-state index is 12.8. The average molecular weight is 468 g/mol. The van der Waals surface area contributed by atoms with Gasteiger partial charge in [0, 0.05) is 25.0 Å². The van der Waals surface area contributed by atoms with Gasteiger partial charge >= 0.3 is 0 Å². The van der Waals surface area contributed by atoms with Gasteiger partial charge in [0.05, 0.1) is 33.6 Å². The van der Waals surface area contributed by atoms with Crippen LogP contribution in [0.1, 0.15) is 50.5 Å². The minimum Gasteiger partial charge on any atom is -0.507 e. The molecule has 0 aromatic heterocycles. The molecule has 35 heavy (non-hydrogen) atoms. The molecule has 2 aliphatic rings. The van der Waals surface area contributed by atoms with Crippen molar-refractivity contribution in [1.29, 1.82) is 0 Å². The van der Waals surface area contributed by atoms with Crippen LogP contribution in [0, 0.1) is 0 Å². The first-order valence-electron chi connectivity index (χ1n) is 10.6. The number of allylic oxidation sites excluding steroid dienone is 7. The number of hydrogen-bond acceptors (Lipinski definition) is 6. The molecule has 0 bridgehead atoms. The van der Waals surface area contributed by atoms with E-state index in [1.165, 1.54) is 50.3 Å². The summed E-state index contributed by atoms with van der Waals surface area (Å²) in [7, 11) is 0. The molecular weight excluding hydrogens is 448 g/mol. The smallest absolute Gasteiger partial charge is 0.221 e. The van der Waals surface area contributed by atoms with Crippen molar-refractivity contribution < 1.29 is 29.1 Å². The van der Waals surface area contributed by atoms with E-state index < -0.39 is 17.3 Å². The Bertz CT molecular complexity index is 1460. The molecule has 0 spiro atoms. The van der Waals surface area contributed by atoms with Crippen LogP contribution in [0.5, 0.6) is 0 Å². The number of aliphatic hydroxyl groups is 1. The Morgan fingerprint density at radius 2 is 1.31 bits per heavy atom. The summed E-state index contributed by atoms with van der Waals surface area (Å²) in [5, 5.41) is 15.6. The molecule has 3 N–H and O–H groups in total. The molecule has 2 amide bonds. The molecular formula is C27H20N2O6. The van der Waals surface area contributed by atoms with Crippen LogP contribution in [0.25, 0.3) is 5.76 Å². The normalized spacial score (nSPS) is 15.9. The van der Waals surface area contributed by atoms with Crippen molar-refractivity contribution in [3.8, 4) is 0 Å². The number of hydrogen-bond donors (Lipinski definition) is 3. The lowest BCUT2D eigenvalue weighted by Crippen LogP contribution is -2.10. The zero-order chi connectivity index (χ0) is 25.3. The summed E-state index contributed by atoms with van der Waals surface area (Å²) in [4.78, 5) is 61.1. The van der Waals surface area contributed by atoms with E-state index in [2.05, 4.69) is 10.6 Å². The third-order valence-corrected chi connectivity index (χ3v) is 5.44. The van der Waals surface area contributed by atoms with E-state index in [1.807, 2.05) is 0 Å². The molecule has 2 aliphatic carbocycles. The number of rotatable bonds is 5. The molecule has 0 saturated heterocycles. The van der Waals surface area contributed by atoms with Crippen LogP contribution in [0.4, 0.5) is 11.4 Å². The van der Waals surface area contributed by atoms with Crippen LogP contribution >= 0.6 is 0 Å². The fourth-order valence-corrected chi connectivity index (χ4v) is 4.01. The van der Waals surface area contributed by atoms with Gasteiger partial charge in [0.25, 0.3) is 0 Å². The Hall–Kier alpha value is -4.85. The molecule has 0 atom stereocenters. The second-order valence-corrected chi connectivity index (χ2v) is 7.89. The van der Waals surface area contributed by atoms with Crippen molar-refractivity contribution in [3.63, 3.8) is 0 Å². The first-order valence-corrected chi connectivity index (χ1v) is 10.6. The lowest BCUT2D eigenvalue weighted by molar-refractivity contribution is -0.115. The highest BCUT2D eigenvalue weighted by molar-refractivity contribution is 6.41. The monoisotopic (exact) mass is 468 g/mol. The van der Waals surface area contributed by atoms with Crippen molar-refractivity contribution >= 4 is 46.3 Å². The molecule has 8 heteroatoms. The zero-order valence-electron chi connectivity index (χ0n) is 18.8. The highest BCUT2D eigenvalue weighted by Gasteiger charge is 2.35. The zero-order valence-corrected chi connectivity index (χ0v) is 18.8. The predicted octanol–water partition coefficient (Wildman–Crippen LogP) is 4.19. The van der Waals surface area contributed by atoms with E-state index in [4.69, 9.17) is 0 Å². The molecule has 2 aromatic carbocycles. The first-order chi connectivity index (χ1) is 16.7. The van der Waals surface area contributed by atoms with Crippen LogP contribution in [0.15, 0.2) is 77.9 Å². The molecule has 8 nitrogen and oxygen atoms in total. The fourth-order valence-electron chi connectivity index (χ4n) is 4.01. The number of ketones is 3. The SMILES string of the molecule is CC(=O)Nc1cccc2c1C(=O)C(=CC=CC=CC1=C(O)c3cccc(NC(C)=O)c3C1=O)C2=O. The number of carbonyl (C=O) groups excluding carboxylic acids is 5. The van der Waals surface area contributed by atoms with Crippen molar-refractivity contribution in [2.24, 2.45) is 0 Å². The Labute approximate surface area is 200 Å². The molecule has 0 unspecified atom stereocenters. The number of amides is 2. The highest BCUT2D eigenvalue weighted by atomic mass is 16.3. The number of nitrogens with one attached hydrogen (secondary N) is 2. The fraction of sp³-hybridized carbons (Fsp3) is 0.0741. The summed E-state index contributed by atoms with van der Waals surface area (Å²) in [6.07, 6.45) is 7.24. The van der Waals surface area contributed by atoms with Crippen molar-refractivity contribution in [2.75, 3.05) is 10.6 Å². The molecule has 0 saturated carbocycles. The van der Waals surface area contributed by atoms with E-state index in [0.29, 0.717) is 11.3 Å². The number of anilines is 2. The quantitative estimate of drug-likeness (QED) is 0.343. The first kappa shape index (κ1) is 23.3. The Kier molecular flexibility index (Phi) is 6.12. The van der Waals surface area contributed by atoms with Crippen LogP contribution in [-0.4, -0.2) is 34.3 Å². The van der Waals surface area contributed by atoms with Gasteiger partial charge in [-0.1, -0.05) is 42.5 Å². The van der Waals surface area contributed by atoms with Gasteiger partial charge in [0.15, 0.2) is 17.3 Å². The Morgan fingerprint density at radius 3 is 1.91 bits per heavy atom. The van der Waals surface area contributed by atoms with E-state index in [-0.39, 0.29) is 51.1 Å². The molecule has 4 rings (SSSR count). The molecule has 0 aliphatic heterocycles. The maximum Gasteiger partial charge on any atom is 0.221 e. The van der Waals surface area contributed by atoms with Gasteiger partial charge in [0.1, 0.15) is 5.76 Å². The van der Waals surface area contributed by atoms with Gasteiger partial charge in [-0.2, -0.15) is 0 Å². The minimum atomic E-state index is -0.491. The van der Waals surface area contributed by atoms with Gasteiger partial charge in [-0.05, 0) is 24.3 Å². The van der Waals surface area contributed by atoms with Crippen molar-refractivity contribution in [2.45, 2.75) is 13.8 Å². The van der Waals surface area contributed by atoms with Gasteiger partial charge in [-0.15, -0.1) is 0 Å². The van der Waals surface area contributed by atoms with Crippen LogP contribution in [-0.2, 0) is 9.59 Å². The van der Waals surface area contributed by atoms with E-state index in [0.717, 1.165) is 0 Å². The van der Waals surface area contributed by atoms with Crippen molar-refractivity contribution in [3.05, 3.63) is 100 Å². The predicted molar refractivity (Wildman–Crippen MR) is 130 cm³/mol. The van der Waals surface area contributed by atoms with Gasteiger partial charge in [-0.25, -0.2) is 0 Å². The average Bonchev–Trinajstić information content (AvgIpc) is 3.19. The highest BCUT2D eigenvalue weighted by Crippen LogP contribution is 2.36. The van der Waals surface area contributed by atoms with Crippen LogP contribution in [0.2, 0.25) is 0 Å². The van der Waals surface area contributed by atoms with Crippen LogP contribution in [0.3, 0.4) is 0 Å². The molecule has 0 heterocycles. The number of Topliss-reactive ketones (excluding diaryl/α,β-unsaturated/α-hetero) is 3. The van der Waals surface area contributed by atoms with Gasteiger partial charge in [-0.3, -0.25) is 24.0 Å². The van der Waals surface area contributed by atoms with Gasteiger partial charge < -0.3 is 15.7 Å². The summed E-state index contributed by atoms with van der Waals surface area (Å²) in [6.45, 7) is 2.64.